The third-order valence-corrected chi connectivity index (χ3v) is 3.90. The van der Waals surface area contributed by atoms with Gasteiger partial charge in [0, 0.05) is 5.56 Å². The summed E-state index contributed by atoms with van der Waals surface area (Å²) in [6.45, 7) is 6.14. The van der Waals surface area contributed by atoms with E-state index in [-0.39, 0.29) is 5.82 Å². The molecule has 0 saturated heterocycles. The number of hydrogen-bond acceptors (Lipinski definition) is 2. The fourth-order valence-corrected chi connectivity index (χ4v) is 3.70. The van der Waals surface area contributed by atoms with Crippen LogP contribution in [0.3, 0.4) is 0 Å². The molecule has 0 saturated carbocycles. The lowest BCUT2D eigenvalue weighted by atomic mass is 9.98. The second kappa shape index (κ2) is 3.93. The van der Waals surface area contributed by atoms with Crippen LogP contribution in [0.15, 0.2) is 18.2 Å². The zero-order chi connectivity index (χ0) is 12.7. The summed E-state index contributed by atoms with van der Waals surface area (Å²) in [6, 6.07) is 7.17. The van der Waals surface area contributed by atoms with Crippen LogP contribution in [0.2, 0.25) is 19.6 Å². The summed E-state index contributed by atoms with van der Waals surface area (Å²) in [7, 11) is -1.85. The van der Waals surface area contributed by atoms with E-state index in [1.807, 2.05) is 25.7 Å². The summed E-state index contributed by atoms with van der Waals surface area (Å²) in [6.07, 6.45) is 1.14. The quantitative estimate of drug-likeness (QED) is 0.753. The minimum atomic E-state index is -1.85. The second-order valence-electron chi connectivity index (χ2n) is 5.42. The highest BCUT2D eigenvalue weighted by atomic mass is 28.4. The molecule has 0 aliphatic heterocycles. The lowest BCUT2D eigenvalue weighted by molar-refractivity contribution is 0.121. The van der Waals surface area contributed by atoms with Crippen molar-refractivity contribution < 1.29 is 8.82 Å². The Bertz CT molecular complexity index is 489. The van der Waals surface area contributed by atoms with Crippen molar-refractivity contribution in [2.45, 2.75) is 38.1 Å². The molecular weight excluding hydrogens is 233 g/mol. The van der Waals surface area contributed by atoms with Gasteiger partial charge in [-0.2, -0.15) is 5.26 Å². The predicted octanol–water partition coefficient (Wildman–Crippen LogP) is 3.34. The highest BCUT2D eigenvalue weighted by molar-refractivity contribution is 6.69. The van der Waals surface area contributed by atoms with E-state index in [0.717, 1.165) is 5.56 Å². The Balaban J connectivity index is 2.49. The van der Waals surface area contributed by atoms with Crippen molar-refractivity contribution in [1.29, 1.82) is 5.26 Å². The van der Waals surface area contributed by atoms with Gasteiger partial charge in [0.1, 0.15) is 11.9 Å². The van der Waals surface area contributed by atoms with Crippen molar-refractivity contribution in [2.24, 2.45) is 0 Å². The number of nitriles is 1. The molecule has 0 amide bonds. The van der Waals surface area contributed by atoms with Crippen molar-refractivity contribution in [3.63, 3.8) is 0 Å². The summed E-state index contributed by atoms with van der Waals surface area (Å²) in [5.74, 6) is -0.223. The molecule has 1 atom stereocenters. The summed E-state index contributed by atoms with van der Waals surface area (Å²) in [5.41, 5.74) is 0.441. The van der Waals surface area contributed by atoms with Gasteiger partial charge in [0.15, 0.2) is 13.9 Å². The summed E-state index contributed by atoms with van der Waals surface area (Å²) >= 11 is 0. The SMILES string of the molecule is C[Si](C)(C)OC1(C#N)CCc2c(F)cccc21. The van der Waals surface area contributed by atoms with Gasteiger partial charge in [0.2, 0.25) is 0 Å². The summed E-state index contributed by atoms with van der Waals surface area (Å²) in [4.78, 5) is 0. The molecule has 17 heavy (non-hydrogen) atoms. The molecule has 0 N–H and O–H groups in total. The third kappa shape index (κ3) is 2.13. The molecule has 0 aromatic heterocycles. The maximum Gasteiger partial charge on any atom is 0.186 e. The maximum atomic E-state index is 13.6. The Morgan fingerprint density at radius 3 is 2.71 bits per heavy atom. The van der Waals surface area contributed by atoms with Gasteiger partial charge in [-0.1, -0.05) is 12.1 Å². The van der Waals surface area contributed by atoms with E-state index >= 15 is 0 Å². The van der Waals surface area contributed by atoms with Crippen LogP contribution < -0.4 is 0 Å². The van der Waals surface area contributed by atoms with E-state index in [1.165, 1.54) is 6.07 Å². The zero-order valence-electron chi connectivity index (χ0n) is 10.4. The first kappa shape index (κ1) is 12.3. The van der Waals surface area contributed by atoms with Gasteiger partial charge in [-0.25, -0.2) is 4.39 Å². The van der Waals surface area contributed by atoms with Gasteiger partial charge in [0.05, 0.1) is 0 Å². The average molecular weight is 249 g/mol. The molecule has 2 nitrogen and oxygen atoms in total. The molecule has 4 heteroatoms. The number of hydrogen-bond donors (Lipinski definition) is 0. The molecular formula is C13H16FNOSi. The minimum Gasteiger partial charge on any atom is -0.396 e. The van der Waals surface area contributed by atoms with Crippen molar-refractivity contribution in [3.05, 3.63) is 35.1 Å². The first-order chi connectivity index (χ1) is 7.88. The van der Waals surface area contributed by atoms with E-state index in [4.69, 9.17) is 4.43 Å². The van der Waals surface area contributed by atoms with Crippen LogP contribution >= 0.6 is 0 Å². The molecule has 1 aliphatic rings. The van der Waals surface area contributed by atoms with Crippen molar-refractivity contribution in [3.8, 4) is 6.07 Å². The van der Waals surface area contributed by atoms with Crippen LogP contribution in [0, 0.1) is 17.1 Å². The first-order valence-electron chi connectivity index (χ1n) is 5.77. The molecule has 1 aromatic rings. The zero-order valence-corrected chi connectivity index (χ0v) is 11.4. The smallest absolute Gasteiger partial charge is 0.186 e. The number of halogens is 1. The monoisotopic (exact) mass is 249 g/mol. The largest absolute Gasteiger partial charge is 0.396 e. The van der Waals surface area contributed by atoms with Crippen molar-refractivity contribution in [2.75, 3.05) is 0 Å². The molecule has 1 aromatic carbocycles. The fourth-order valence-electron chi connectivity index (χ4n) is 2.39. The van der Waals surface area contributed by atoms with E-state index in [0.29, 0.717) is 18.4 Å². The number of benzene rings is 1. The van der Waals surface area contributed by atoms with E-state index < -0.39 is 13.9 Å². The van der Waals surface area contributed by atoms with Crippen molar-refractivity contribution in [1.82, 2.24) is 0 Å². The lowest BCUT2D eigenvalue weighted by Gasteiger charge is -2.31. The van der Waals surface area contributed by atoms with Crippen molar-refractivity contribution >= 4 is 8.32 Å². The molecule has 0 heterocycles. The molecule has 1 unspecified atom stereocenters. The predicted molar refractivity (Wildman–Crippen MR) is 66.4 cm³/mol. The Kier molecular flexibility index (Phi) is 2.84. The second-order valence-corrected chi connectivity index (χ2v) is 9.85. The Morgan fingerprint density at radius 2 is 2.12 bits per heavy atom. The van der Waals surface area contributed by atoms with Gasteiger partial charge in [0.25, 0.3) is 0 Å². The lowest BCUT2D eigenvalue weighted by Crippen LogP contribution is -2.38. The van der Waals surface area contributed by atoms with Crippen LogP contribution in [0.4, 0.5) is 4.39 Å². The molecule has 0 bridgehead atoms. The molecule has 90 valence electrons. The van der Waals surface area contributed by atoms with Gasteiger partial charge in [-0.05, 0) is 44.1 Å². The number of nitrogens with zero attached hydrogens (tertiary/aromatic N) is 1. The van der Waals surface area contributed by atoms with Crippen LogP contribution in [0.25, 0.3) is 0 Å². The Morgan fingerprint density at radius 1 is 1.41 bits per heavy atom. The number of rotatable bonds is 2. The van der Waals surface area contributed by atoms with Gasteiger partial charge in [-0.15, -0.1) is 0 Å². The van der Waals surface area contributed by atoms with E-state index in [1.54, 1.807) is 6.07 Å². The highest BCUT2D eigenvalue weighted by Crippen LogP contribution is 2.42. The molecule has 2 rings (SSSR count). The summed E-state index contributed by atoms with van der Waals surface area (Å²) < 4.78 is 19.7. The maximum absolute atomic E-state index is 13.6. The molecule has 0 spiro atoms. The molecule has 1 aliphatic carbocycles. The normalized spacial score (nSPS) is 23.2. The standard InChI is InChI=1S/C13H16FNOSi/c1-17(2,3)16-13(9-15)8-7-10-11(13)5-4-6-12(10)14/h4-6H,7-8H2,1-3H3. The van der Waals surface area contributed by atoms with E-state index in [2.05, 4.69) is 6.07 Å². The molecule has 0 radical (unpaired) electrons. The van der Waals surface area contributed by atoms with Gasteiger partial charge < -0.3 is 4.43 Å². The minimum absolute atomic E-state index is 0.223. The van der Waals surface area contributed by atoms with Gasteiger partial charge >= 0.3 is 0 Å². The van der Waals surface area contributed by atoms with Crippen LogP contribution in [0.5, 0.6) is 0 Å². The fraction of sp³-hybridized carbons (Fsp3) is 0.462. The third-order valence-electron chi connectivity index (χ3n) is 2.94. The average Bonchev–Trinajstić information content (AvgIpc) is 2.57. The highest BCUT2D eigenvalue weighted by Gasteiger charge is 2.44. The van der Waals surface area contributed by atoms with Crippen LogP contribution in [-0.4, -0.2) is 8.32 Å². The Hall–Kier alpha value is -1.18. The number of fused-ring (bicyclic) bond motifs is 1. The topological polar surface area (TPSA) is 33.0 Å². The first-order valence-corrected chi connectivity index (χ1v) is 9.18. The van der Waals surface area contributed by atoms with Crippen LogP contribution in [-0.2, 0) is 16.4 Å². The van der Waals surface area contributed by atoms with E-state index in [9.17, 15) is 9.65 Å². The summed E-state index contributed by atoms with van der Waals surface area (Å²) in [5, 5.41) is 9.44. The molecule has 0 fully saturated rings. The Labute approximate surface area is 102 Å². The van der Waals surface area contributed by atoms with Gasteiger partial charge in [-0.3, -0.25) is 0 Å². The van der Waals surface area contributed by atoms with Crippen LogP contribution in [0.1, 0.15) is 17.5 Å².